The van der Waals surface area contributed by atoms with E-state index in [1.54, 1.807) is 11.3 Å². The third-order valence-corrected chi connectivity index (χ3v) is 6.89. The van der Waals surface area contributed by atoms with Gasteiger partial charge in [0.15, 0.2) is 5.11 Å². The van der Waals surface area contributed by atoms with E-state index in [2.05, 4.69) is 18.3 Å². The number of nitrogens with one attached hydrogen (secondary N) is 1. The topological polar surface area (TPSA) is 52.7 Å². The maximum absolute atomic E-state index is 13.4. The molecule has 5 nitrogen and oxygen atoms in total. The third-order valence-electron chi connectivity index (χ3n) is 5.39. The van der Waals surface area contributed by atoms with Gasteiger partial charge < -0.3 is 10.2 Å². The van der Waals surface area contributed by atoms with E-state index in [0.29, 0.717) is 23.0 Å². The standard InChI is InChI=1S/C24H22FN3O2S2/c1-16-12-14-32-21(16)11-13-27-20(15-22(29)26-18-9-7-17(25)8-10-18)23(30)28(24(27)31)19-5-3-2-4-6-19/h2-10,12,14,20H,11,13,15H2,1H3,(H,26,29)/t20-/m1/s1. The minimum atomic E-state index is -0.705. The Hall–Kier alpha value is -3.10. The van der Waals surface area contributed by atoms with E-state index < -0.39 is 6.04 Å². The lowest BCUT2D eigenvalue weighted by atomic mass is 10.1. The van der Waals surface area contributed by atoms with E-state index in [1.807, 2.05) is 40.6 Å². The molecule has 1 fully saturated rings. The SMILES string of the molecule is Cc1ccsc1CCN1C(=S)N(c2ccccc2)C(=O)[C@H]1CC(=O)Nc1ccc(F)cc1. The molecule has 0 unspecified atom stereocenters. The second-order valence-corrected chi connectivity index (χ2v) is 8.90. The first-order chi connectivity index (χ1) is 15.4. The van der Waals surface area contributed by atoms with Crippen molar-refractivity contribution >= 4 is 51.9 Å². The summed E-state index contributed by atoms with van der Waals surface area (Å²) in [7, 11) is 0. The number of para-hydroxylation sites is 1. The number of thiocarbonyl (C=S) groups is 1. The summed E-state index contributed by atoms with van der Waals surface area (Å²) < 4.78 is 13.1. The average Bonchev–Trinajstić information content (AvgIpc) is 3.29. The zero-order valence-electron chi connectivity index (χ0n) is 17.5. The fourth-order valence-corrected chi connectivity index (χ4v) is 5.02. The molecule has 0 aliphatic carbocycles. The summed E-state index contributed by atoms with van der Waals surface area (Å²) in [6.07, 6.45) is 0.679. The molecule has 1 atom stereocenters. The van der Waals surface area contributed by atoms with Gasteiger partial charge in [-0.1, -0.05) is 18.2 Å². The van der Waals surface area contributed by atoms with Crippen LogP contribution in [0, 0.1) is 12.7 Å². The smallest absolute Gasteiger partial charge is 0.256 e. The van der Waals surface area contributed by atoms with Gasteiger partial charge in [0.05, 0.1) is 12.1 Å². The lowest BCUT2D eigenvalue weighted by molar-refractivity contribution is -0.124. The number of thiophene rings is 1. The molecule has 2 heterocycles. The van der Waals surface area contributed by atoms with Crippen LogP contribution >= 0.6 is 23.6 Å². The van der Waals surface area contributed by atoms with Gasteiger partial charge in [-0.3, -0.25) is 14.5 Å². The number of aryl methyl sites for hydroxylation is 1. The molecule has 1 N–H and O–H groups in total. The molecule has 1 aliphatic heterocycles. The summed E-state index contributed by atoms with van der Waals surface area (Å²) >= 11 is 7.36. The van der Waals surface area contributed by atoms with Crippen LogP contribution in [0.25, 0.3) is 0 Å². The highest BCUT2D eigenvalue weighted by molar-refractivity contribution is 7.80. The first-order valence-electron chi connectivity index (χ1n) is 10.2. The second kappa shape index (κ2) is 9.58. The van der Waals surface area contributed by atoms with Crippen molar-refractivity contribution < 1.29 is 14.0 Å². The summed E-state index contributed by atoms with van der Waals surface area (Å²) in [5, 5.41) is 5.18. The lowest BCUT2D eigenvalue weighted by Crippen LogP contribution is -2.39. The average molecular weight is 468 g/mol. The second-order valence-electron chi connectivity index (χ2n) is 7.54. The zero-order chi connectivity index (χ0) is 22.7. The molecule has 1 saturated heterocycles. The number of hydrogen-bond donors (Lipinski definition) is 1. The van der Waals surface area contributed by atoms with Crippen molar-refractivity contribution in [3.05, 3.63) is 82.3 Å². The number of carbonyl (C=O) groups excluding carboxylic acids is 2. The predicted molar refractivity (Wildman–Crippen MR) is 129 cm³/mol. The fraction of sp³-hybridized carbons (Fsp3) is 0.208. The van der Waals surface area contributed by atoms with Crippen LogP contribution in [-0.2, 0) is 16.0 Å². The number of amides is 2. The molecule has 0 saturated carbocycles. The number of nitrogens with zero attached hydrogens (tertiary/aromatic N) is 2. The molecular weight excluding hydrogens is 445 g/mol. The molecule has 4 rings (SSSR count). The predicted octanol–water partition coefficient (Wildman–Crippen LogP) is 4.77. The van der Waals surface area contributed by atoms with Crippen molar-refractivity contribution in [1.82, 2.24) is 4.90 Å². The van der Waals surface area contributed by atoms with Crippen LogP contribution in [0.15, 0.2) is 66.0 Å². The van der Waals surface area contributed by atoms with Crippen LogP contribution in [0.5, 0.6) is 0 Å². The summed E-state index contributed by atoms with van der Waals surface area (Å²) in [5.74, 6) is -0.934. The van der Waals surface area contributed by atoms with E-state index in [-0.39, 0.29) is 24.1 Å². The molecule has 1 aliphatic rings. The van der Waals surface area contributed by atoms with E-state index >= 15 is 0 Å². The van der Waals surface area contributed by atoms with Crippen LogP contribution in [0.2, 0.25) is 0 Å². The van der Waals surface area contributed by atoms with Crippen molar-refractivity contribution in [2.45, 2.75) is 25.8 Å². The Morgan fingerprint density at radius 2 is 1.84 bits per heavy atom. The van der Waals surface area contributed by atoms with Crippen molar-refractivity contribution in [1.29, 1.82) is 0 Å². The maximum Gasteiger partial charge on any atom is 0.256 e. The summed E-state index contributed by atoms with van der Waals surface area (Å²) in [6, 6.07) is 16.1. The Labute approximate surface area is 195 Å². The third kappa shape index (κ3) is 4.71. The van der Waals surface area contributed by atoms with Crippen molar-refractivity contribution in [2.75, 3.05) is 16.8 Å². The summed E-state index contributed by atoms with van der Waals surface area (Å²) in [6.45, 7) is 2.59. The molecule has 0 spiro atoms. The normalized spacial score (nSPS) is 16.0. The monoisotopic (exact) mass is 467 g/mol. The minimum absolute atomic E-state index is 0.0525. The Kier molecular flexibility index (Phi) is 6.62. The molecule has 1 aromatic heterocycles. The van der Waals surface area contributed by atoms with Gasteiger partial charge in [0.25, 0.3) is 5.91 Å². The van der Waals surface area contributed by atoms with Crippen LogP contribution in [0.3, 0.4) is 0 Å². The Balaban J connectivity index is 1.54. The number of halogens is 1. The zero-order valence-corrected chi connectivity index (χ0v) is 19.1. The number of carbonyl (C=O) groups is 2. The van der Waals surface area contributed by atoms with Gasteiger partial charge in [-0.15, -0.1) is 11.3 Å². The van der Waals surface area contributed by atoms with E-state index in [0.717, 1.165) is 6.42 Å². The molecule has 0 radical (unpaired) electrons. The highest BCUT2D eigenvalue weighted by Gasteiger charge is 2.43. The lowest BCUT2D eigenvalue weighted by Gasteiger charge is -2.23. The fourth-order valence-electron chi connectivity index (χ4n) is 3.71. The molecule has 2 amide bonds. The number of hydrogen-bond acceptors (Lipinski definition) is 4. The maximum atomic E-state index is 13.4. The molecule has 164 valence electrons. The Morgan fingerprint density at radius 1 is 1.12 bits per heavy atom. The van der Waals surface area contributed by atoms with Crippen molar-refractivity contribution in [3.8, 4) is 0 Å². The Morgan fingerprint density at radius 3 is 2.50 bits per heavy atom. The number of rotatable bonds is 7. The van der Waals surface area contributed by atoms with Gasteiger partial charge in [0, 0.05) is 17.1 Å². The van der Waals surface area contributed by atoms with Crippen molar-refractivity contribution in [2.24, 2.45) is 0 Å². The molecule has 32 heavy (non-hydrogen) atoms. The summed E-state index contributed by atoms with van der Waals surface area (Å²) in [5.41, 5.74) is 2.36. The first kappa shape index (κ1) is 22.1. The van der Waals surface area contributed by atoms with E-state index in [9.17, 15) is 14.0 Å². The quantitative estimate of drug-likeness (QED) is 0.509. The molecular formula is C24H22FN3O2S2. The molecule has 0 bridgehead atoms. The minimum Gasteiger partial charge on any atom is -0.336 e. The Bertz CT molecular complexity index is 1130. The highest BCUT2D eigenvalue weighted by atomic mass is 32.1. The van der Waals surface area contributed by atoms with Crippen LogP contribution < -0.4 is 10.2 Å². The molecule has 2 aromatic carbocycles. The molecule has 3 aromatic rings. The van der Waals surface area contributed by atoms with Crippen LogP contribution in [0.4, 0.5) is 15.8 Å². The number of benzene rings is 2. The summed E-state index contributed by atoms with van der Waals surface area (Å²) in [4.78, 5) is 30.7. The van der Waals surface area contributed by atoms with Crippen LogP contribution in [-0.4, -0.2) is 34.4 Å². The number of anilines is 2. The van der Waals surface area contributed by atoms with Gasteiger partial charge in [-0.05, 0) is 79.0 Å². The van der Waals surface area contributed by atoms with Gasteiger partial charge in [-0.2, -0.15) is 0 Å². The van der Waals surface area contributed by atoms with E-state index in [4.69, 9.17) is 12.2 Å². The molecule has 8 heteroatoms. The largest absolute Gasteiger partial charge is 0.336 e. The van der Waals surface area contributed by atoms with Crippen molar-refractivity contribution in [3.63, 3.8) is 0 Å². The van der Waals surface area contributed by atoms with E-state index in [1.165, 1.54) is 39.6 Å². The highest BCUT2D eigenvalue weighted by Crippen LogP contribution is 2.28. The van der Waals surface area contributed by atoms with Gasteiger partial charge in [0.2, 0.25) is 5.91 Å². The first-order valence-corrected chi connectivity index (χ1v) is 11.5. The van der Waals surface area contributed by atoms with Gasteiger partial charge >= 0.3 is 0 Å². The van der Waals surface area contributed by atoms with Gasteiger partial charge in [-0.25, -0.2) is 4.39 Å². The van der Waals surface area contributed by atoms with Crippen LogP contribution in [0.1, 0.15) is 16.9 Å². The van der Waals surface area contributed by atoms with Gasteiger partial charge in [0.1, 0.15) is 11.9 Å².